The maximum Gasteiger partial charge on any atom is 0.203 e. The van der Waals surface area contributed by atoms with Crippen LogP contribution in [0.2, 0.25) is 0 Å². The van der Waals surface area contributed by atoms with Crippen LogP contribution in [0.5, 0.6) is 17.2 Å². The minimum Gasteiger partial charge on any atom is -0.493 e. The largest absolute Gasteiger partial charge is 0.493 e. The van der Waals surface area contributed by atoms with E-state index in [1.165, 1.54) is 11.1 Å². The molecule has 0 aliphatic heterocycles. The van der Waals surface area contributed by atoms with Crippen LogP contribution in [0.1, 0.15) is 30.5 Å². The molecule has 0 saturated carbocycles. The van der Waals surface area contributed by atoms with Gasteiger partial charge in [0.25, 0.3) is 0 Å². The number of benzene rings is 2. The van der Waals surface area contributed by atoms with E-state index in [2.05, 4.69) is 65.7 Å². The molecule has 0 aliphatic rings. The smallest absolute Gasteiger partial charge is 0.203 e. The highest BCUT2D eigenvalue weighted by atomic mass is 16.5. The molecular formula is C24H36N4O3. The highest BCUT2D eigenvalue weighted by molar-refractivity contribution is 5.79. The van der Waals surface area contributed by atoms with Crippen molar-refractivity contribution in [3.63, 3.8) is 0 Å². The van der Waals surface area contributed by atoms with Crippen molar-refractivity contribution in [1.82, 2.24) is 15.5 Å². The van der Waals surface area contributed by atoms with Gasteiger partial charge in [0.05, 0.1) is 21.3 Å². The number of rotatable bonds is 10. The van der Waals surface area contributed by atoms with E-state index < -0.39 is 0 Å². The van der Waals surface area contributed by atoms with Crippen molar-refractivity contribution < 1.29 is 14.2 Å². The fraction of sp³-hybridized carbons (Fsp3) is 0.458. The van der Waals surface area contributed by atoms with Gasteiger partial charge in [0.2, 0.25) is 5.75 Å². The third-order valence-corrected chi connectivity index (χ3v) is 5.27. The first-order chi connectivity index (χ1) is 14.9. The average molecular weight is 429 g/mol. The Morgan fingerprint density at radius 3 is 2.03 bits per heavy atom. The summed E-state index contributed by atoms with van der Waals surface area (Å²) in [4.78, 5) is 6.68. The second-order valence-electron chi connectivity index (χ2n) is 7.59. The molecule has 2 aromatic rings. The SMILES string of the molecule is CN=C(NCc1cc(OC)c(OC)c(OC)c1)NCc1ccccc1CN(C)C(C)C. The fourth-order valence-electron chi connectivity index (χ4n) is 3.16. The second-order valence-corrected chi connectivity index (χ2v) is 7.59. The van der Waals surface area contributed by atoms with Gasteiger partial charge in [0.15, 0.2) is 17.5 Å². The van der Waals surface area contributed by atoms with Gasteiger partial charge in [-0.05, 0) is 49.7 Å². The highest BCUT2D eigenvalue weighted by Crippen LogP contribution is 2.38. The van der Waals surface area contributed by atoms with Crippen molar-refractivity contribution in [1.29, 1.82) is 0 Å². The molecule has 0 bridgehead atoms. The molecule has 2 N–H and O–H groups in total. The monoisotopic (exact) mass is 428 g/mol. The zero-order valence-corrected chi connectivity index (χ0v) is 19.8. The van der Waals surface area contributed by atoms with Crippen molar-refractivity contribution in [3.8, 4) is 17.2 Å². The maximum atomic E-state index is 5.44. The Labute approximate surface area is 186 Å². The summed E-state index contributed by atoms with van der Waals surface area (Å²) in [6.45, 7) is 6.57. The van der Waals surface area contributed by atoms with Gasteiger partial charge < -0.3 is 24.8 Å². The van der Waals surface area contributed by atoms with Crippen molar-refractivity contribution in [2.45, 2.75) is 39.5 Å². The number of nitrogens with one attached hydrogen (secondary N) is 2. The number of guanidine groups is 1. The van der Waals surface area contributed by atoms with Gasteiger partial charge in [-0.15, -0.1) is 0 Å². The van der Waals surface area contributed by atoms with Crippen LogP contribution in [-0.4, -0.2) is 52.3 Å². The lowest BCUT2D eigenvalue weighted by atomic mass is 10.1. The molecule has 0 unspecified atom stereocenters. The Bertz CT molecular complexity index is 843. The molecule has 0 aliphatic carbocycles. The van der Waals surface area contributed by atoms with E-state index in [0.717, 1.165) is 18.1 Å². The van der Waals surface area contributed by atoms with E-state index >= 15 is 0 Å². The lowest BCUT2D eigenvalue weighted by Gasteiger charge is -2.23. The molecule has 2 aromatic carbocycles. The van der Waals surface area contributed by atoms with Crippen LogP contribution < -0.4 is 24.8 Å². The molecule has 7 heteroatoms. The van der Waals surface area contributed by atoms with Crippen LogP contribution in [0, 0.1) is 0 Å². The van der Waals surface area contributed by atoms with Crippen LogP contribution in [0.4, 0.5) is 0 Å². The highest BCUT2D eigenvalue weighted by Gasteiger charge is 2.13. The van der Waals surface area contributed by atoms with Gasteiger partial charge in [-0.1, -0.05) is 24.3 Å². The zero-order chi connectivity index (χ0) is 22.8. The fourth-order valence-corrected chi connectivity index (χ4v) is 3.16. The molecule has 170 valence electrons. The molecule has 0 amide bonds. The lowest BCUT2D eigenvalue weighted by Crippen LogP contribution is -2.36. The number of aliphatic imine (C=N–C) groups is 1. The summed E-state index contributed by atoms with van der Waals surface area (Å²) < 4.78 is 16.3. The summed E-state index contributed by atoms with van der Waals surface area (Å²) in [6.07, 6.45) is 0. The number of hydrogen-bond acceptors (Lipinski definition) is 5. The molecule has 0 spiro atoms. The van der Waals surface area contributed by atoms with Gasteiger partial charge >= 0.3 is 0 Å². The third-order valence-electron chi connectivity index (χ3n) is 5.27. The molecule has 31 heavy (non-hydrogen) atoms. The molecule has 0 fully saturated rings. The number of hydrogen-bond donors (Lipinski definition) is 2. The summed E-state index contributed by atoms with van der Waals surface area (Å²) in [5.41, 5.74) is 3.56. The molecule has 0 aromatic heterocycles. The second kappa shape index (κ2) is 12.1. The Kier molecular flexibility index (Phi) is 9.46. The van der Waals surface area contributed by atoms with Crippen molar-refractivity contribution in [2.24, 2.45) is 4.99 Å². The van der Waals surface area contributed by atoms with Gasteiger partial charge in [-0.2, -0.15) is 0 Å². The minimum absolute atomic E-state index is 0.494. The van der Waals surface area contributed by atoms with Gasteiger partial charge in [0.1, 0.15) is 0 Å². The van der Waals surface area contributed by atoms with Gasteiger partial charge in [0, 0.05) is 32.7 Å². The Morgan fingerprint density at radius 1 is 0.935 bits per heavy atom. The predicted octanol–water partition coefficient (Wildman–Crippen LogP) is 3.42. The molecular weight excluding hydrogens is 392 g/mol. The minimum atomic E-state index is 0.494. The lowest BCUT2D eigenvalue weighted by molar-refractivity contribution is 0.265. The zero-order valence-electron chi connectivity index (χ0n) is 19.8. The number of ether oxygens (including phenoxy) is 3. The quantitative estimate of drug-likeness (QED) is 0.447. The molecule has 7 nitrogen and oxygen atoms in total. The van der Waals surface area contributed by atoms with Crippen LogP contribution in [0.25, 0.3) is 0 Å². The van der Waals surface area contributed by atoms with Gasteiger partial charge in [-0.25, -0.2) is 0 Å². The molecule has 0 saturated heterocycles. The number of nitrogens with zero attached hydrogens (tertiary/aromatic N) is 2. The van der Waals surface area contributed by atoms with Crippen molar-refractivity contribution in [2.75, 3.05) is 35.4 Å². The van der Waals surface area contributed by atoms with Crippen molar-refractivity contribution >= 4 is 5.96 Å². The Morgan fingerprint density at radius 2 is 1.52 bits per heavy atom. The summed E-state index contributed by atoms with van der Waals surface area (Å²) >= 11 is 0. The van der Waals surface area contributed by atoms with E-state index in [-0.39, 0.29) is 0 Å². The summed E-state index contributed by atoms with van der Waals surface area (Å²) in [6, 6.07) is 12.9. The van der Waals surface area contributed by atoms with E-state index in [1.807, 2.05) is 12.1 Å². The van der Waals surface area contributed by atoms with Crippen LogP contribution in [0.3, 0.4) is 0 Å². The first-order valence-electron chi connectivity index (χ1n) is 10.4. The van der Waals surface area contributed by atoms with E-state index in [4.69, 9.17) is 14.2 Å². The first-order valence-corrected chi connectivity index (χ1v) is 10.4. The van der Waals surface area contributed by atoms with Crippen molar-refractivity contribution in [3.05, 3.63) is 53.1 Å². The van der Waals surface area contributed by atoms with Gasteiger partial charge in [-0.3, -0.25) is 9.89 Å². The normalized spacial score (nSPS) is 11.6. The Hall–Kier alpha value is -2.93. The number of methoxy groups -OCH3 is 3. The molecule has 0 radical (unpaired) electrons. The molecule has 0 atom stereocenters. The average Bonchev–Trinajstić information content (AvgIpc) is 2.79. The molecule has 0 heterocycles. The van der Waals surface area contributed by atoms with Crippen LogP contribution >= 0.6 is 0 Å². The van der Waals surface area contributed by atoms with E-state index in [0.29, 0.717) is 36.4 Å². The third kappa shape index (κ3) is 6.79. The summed E-state index contributed by atoms with van der Waals surface area (Å²) in [7, 11) is 8.74. The first kappa shape index (κ1) is 24.3. The van der Waals surface area contributed by atoms with Crippen LogP contribution in [-0.2, 0) is 19.6 Å². The topological polar surface area (TPSA) is 67.4 Å². The summed E-state index contributed by atoms with van der Waals surface area (Å²) in [5.74, 6) is 2.56. The van der Waals surface area contributed by atoms with E-state index in [9.17, 15) is 0 Å². The van der Waals surface area contributed by atoms with E-state index in [1.54, 1.807) is 28.4 Å². The summed E-state index contributed by atoms with van der Waals surface area (Å²) in [5, 5.41) is 6.76. The standard InChI is InChI=1S/C24H36N4O3/c1-17(2)28(4)16-20-11-9-8-10-19(20)15-27-24(25-3)26-14-18-12-21(29-5)23(31-7)22(13-18)30-6/h8-13,17H,14-16H2,1-7H3,(H2,25,26,27). The van der Waals surface area contributed by atoms with Crippen LogP contribution in [0.15, 0.2) is 41.4 Å². The predicted molar refractivity (Wildman–Crippen MR) is 126 cm³/mol. The Balaban J connectivity index is 2.03. The molecule has 2 rings (SSSR count). The maximum absolute atomic E-state index is 5.44.